The van der Waals surface area contributed by atoms with Crippen molar-refractivity contribution in [3.05, 3.63) is 70.2 Å². The van der Waals surface area contributed by atoms with Crippen molar-refractivity contribution in [2.24, 2.45) is 0 Å². The fourth-order valence-corrected chi connectivity index (χ4v) is 2.62. The molecular weight excluding hydrogens is 360 g/mol. The summed E-state index contributed by atoms with van der Waals surface area (Å²) in [7, 11) is 0. The van der Waals surface area contributed by atoms with E-state index < -0.39 is 17.8 Å². The summed E-state index contributed by atoms with van der Waals surface area (Å²) in [6.07, 6.45) is 1.46. The lowest BCUT2D eigenvalue weighted by atomic mass is 10.1. The number of para-hydroxylation sites is 1. The molecule has 0 atom stereocenters. The van der Waals surface area contributed by atoms with E-state index >= 15 is 0 Å². The predicted molar refractivity (Wildman–Crippen MR) is 89.6 cm³/mol. The van der Waals surface area contributed by atoms with Crippen molar-refractivity contribution in [1.29, 1.82) is 0 Å². The minimum atomic E-state index is -0.754. The minimum Gasteiger partial charge on any atom is -0.273 e. The molecule has 0 bridgehead atoms. The zero-order chi connectivity index (χ0) is 16.4. The molecule has 0 aromatic heterocycles. The molecule has 114 valence electrons. The van der Waals surface area contributed by atoms with Crippen molar-refractivity contribution in [1.82, 2.24) is 5.32 Å². The quantitative estimate of drug-likeness (QED) is 0.652. The molecule has 1 saturated heterocycles. The first-order valence-corrected chi connectivity index (χ1v) is 7.58. The molecule has 3 rings (SSSR count). The van der Waals surface area contributed by atoms with Crippen LogP contribution in [0.15, 0.2) is 64.6 Å². The molecule has 0 aliphatic carbocycles. The number of nitrogens with zero attached hydrogens (tertiary/aromatic N) is 1. The fourth-order valence-electron chi connectivity index (χ4n) is 2.22. The van der Waals surface area contributed by atoms with Crippen LogP contribution in [-0.2, 0) is 9.59 Å². The number of hydrogen-bond acceptors (Lipinski definition) is 3. The largest absolute Gasteiger partial charge is 0.335 e. The Morgan fingerprint density at radius 2 is 1.57 bits per heavy atom. The van der Waals surface area contributed by atoms with Crippen molar-refractivity contribution in [2.45, 2.75) is 0 Å². The smallest absolute Gasteiger partial charge is 0.273 e. The van der Waals surface area contributed by atoms with Crippen LogP contribution in [0.25, 0.3) is 6.08 Å². The van der Waals surface area contributed by atoms with E-state index in [-0.39, 0.29) is 5.57 Å². The second-order valence-electron chi connectivity index (χ2n) is 4.81. The topological polar surface area (TPSA) is 66.5 Å². The van der Waals surface area contributed by atoms with Crippen molar-refractivity contribution in [3.63, 3.8) is 0 Å². The Morgan fingerprint density at radius 3 is 2.26 bits per heavy atom. The molecule has 4 amide bonds. The van der Waals surface area contributed by atoms with Gasteiger partial charge in [0.05, 0.1) is 5.69 Å². The van der Waals surface area contributed by atoms with E-state index in [1.807, 2.05) is 6.07 Å². The number of barbiturate groups is 1. The van der Waals surface area contributed by atoms with Crippen LogP contribution in [0.5, 0.6) is 0 Å². The molecule has 0 radical (unpaired) electrons. The number of carbonyl (C=O) groups excluding carboxylic acids is 3. The monoisotopic (exact) mass is 370 g/mol. The maximum atomic E-state index is 12.6. The molecule has 2 aromatic rings. The second-order valence-corrected chi connectivity index (χ2v) is 5.67. The number of nitrogens with one attached hydrogen (secondary N) is 1. The Hall–Kier alpha value is -2.73. The van der Waals surface area contributed by atoms with Crippen LogP contribution in [0.4, 0.5) is 10.5 Å². The number of benzene rings is 2. The van der Waals surface area contributed by atoms with Gasteiger partial charge >= 0.3 is 6.03 Å². The van der Waals surface area contributed by atoms with Crippen molar-refractivity contribution in [2.75, 3.05) is 4.90 Å². The number of rotatable bonds is 2. The molecule has 0 saturated carbocycles. The van der Waals surface area contributed by atoms with Gasteiger partial charge in [-0.05, 0) is 29.8 Å². The number of urea groups is 1. The van der Waals surface area contributed by atoms with E-state index in [1.165, 1.54) is 6.08 Å². The maximum Gasteiger partial charge on any atom is 0.335 e. The Morgan fingerprint density at radius 1 is 0.913 bits per heavy atom. The molecule has 1 aliphatic heterocycles. The standard InChI is InChI=1S/C17H11BrN2O3/c18-14-9-5-4-6-11(14)10-13-15(21)19-17(23)20(16(13)22)12-7-2-1-3-8-12/h1-10H,(H,19,21,23)/b13-10+. The van der Waals surface area contributed by atoms with Gasteiger partial charge in [0, 0.05) is 4.47 Å². The number of carbonyl (C=O) groups is 3. The highest BCUT2D eigenvalue weighted by Crippen LogP contribution is 2.24. The van der Waals surface area contributed by atoms with Gasteiger partial charge in [0.25, 0.3) is 11.8 Å². The first kappa shape index (κ1) is 15.2. The Bertz CT molecular complexity index is 831. The van der Waals surface area contributed by atoms with Crippen molar-refractivity contribution < 1.29 is 14.4 Å². The van der Waals surface area contributed by atoms with E-state index in [2.05, 4.69) is 21.2 Å². The SMILES string of the molecule is O=C1NC(=O)N(c2ccccc2)C(=O)/C1=C/c1ccccc1Br. The van der Waals surface area contributed by atoms with Gasteiger partial charge in [0.2, 0.25) is 0 Å². The van der Waals surface area contributed by atoms with E-state index in [0.717, 1.165) is 9.37 Å². The Kier molecular flexibility index (Phi) is 4.08. The zero-order valence-corrected chi connectivity index (χ0v) is 13.4. The van der Waals surface area contributed by atoms with Gasteiger partial charge in [0.1, 0.15) is 5.57 Å². The van der Waals surface area contributed by atoms with Gasteiger partial charge in [-0.2, -0.15) is 0 Å². The molecule has 1 heterocycles. The average molecular weight is 371 g/mol. The molecule has 23 heavy (non-hydrogen) atoms. The number of amides is 4. The fraction of sp³-hybridized carbons (Fsp3) is 0. The van der Waals surface area contributed by atoms with Crippen LogP contribution in [0, 0.1) is 0 Å². The summed E-state index contributed by atoms with van der Waals surface area (Å²) in [6.45, 7) is 0. The first-order chi connectivity index (χ1) is 11.1. The molecular formula is C17H11BrN2O3. The van der Waals surface area contributed by atoms with Crippen LogP contribution in [0.1, 0.15) is 5.56 Å². The van der Waals surface area contributed by atoms with Gasteiger partial charge in [-0.1, -0.05) is 52.3 Å². The summed E-state index contributed by atoms with van der Waals surface area (Å²) < 4.78 is 0.747. The third kappa shape index (κ3) is 2.93. The summed E-state index contributed by atoms with van der Waals surface area (Å²) in [5.41, 5.74) is 0.981. The molecule has 1 fully saturated rings. The van der Waals surface area contributed by atoms with Crippen LogP contribution in [0.2, 0.25) is 0 Å². The first-order valence-electron chi connectivity index (χ1n) is 6.79. The molecule has 1 aliphatic rings. The van der Waals surface area contributed by atoms with Crippen LogP contribution < -0.4 is 10.2 Å². The van der Waals surface area contributed by atoms with Crippen LogP contribution in [-0.4, -0.2) is 17.8 Å². The van der Waals surface area contributed by atoms with E-state index in [4.69, 9.17) is 0 Å². The summed E-state index contributed by atoms with van der Waals surface area (Å²) >= 11 is 3.37. The molecule has 6 heteroatoms. The highest BCUT2D eigenvalue weighted by atomic mass is 79.9. The van der Waals surface area contributed by atoms with Crippen molar-refractivity contribution in [3.8, 4) is 0 Å². The third-order valence-corrected chi connectivity index (χ3v) is 4.04. The lowest BCUT2D eigenvalue weighted by molar-refractivity contribution is -0.122. The van der Waals surface area contributed by atoms with Gasteiger partial charge in [0.15, 0.2) is 0 Å². The minimum absolute atomic E-state index is 0.0969. The summed E-state index contributed by atoms with van der Waals surface area (Å²) in [6, 6.07) is 14.9. The van der Waals surface area contributed by atoms with Crippen LogP contribution in [0.3, 0.4) is 0 Å². The van der Waals surface area contributed by atoms with Gasteiger partial charge in [-0.25, -0.2) is 9.69 Å². The normalized spacial score (nSPS) is 16.7. The number of anilines is 1. The maximum absolute atomic E-state index is 12.6. The van der Waals surface area contributed by atoms with E-state index in [1.54, 1.807) is 48.5 Å². The zero-order valence-electron chi connectivity index (χ0n) is 11.8. The van der Waals surface area contributed by atoms with Crippen molar-refractivity contribution >= 4 is 45.5 Å². The Balaban J connectivity index is 2.04. The molecule has 0 spiro atoms. The molecule has 2 aromatic carbocycles. The van der Waals surface area contributed by atoms with Gasteiger partial charge < -0.3 is 0 Å². The lowest BCUT2D eigenvalue weighted by Gasteiger charge is -2.26. The van der Waals surface area contributed by atoms with Crippen LogP contribution >= 0.6 is 15.9 Å². The summed E-state index contributed by atoms with van der Waals surface area (Å²) in [5, 5.41) is 2.19. The highest BCUT2D eigenvalue weighted by Gasteiger charge is 2.36. The van der Waals surface area contributed by atoms with Gasteiger partial charge in [-0.15, -0.1) is 0 Å². The summed E-state index contributed by atoms with van der Waals surface area (Å²) in [4.78, 5) is 37.6. The lowest BCUT2D eigenvalue weighted by Crippen LogP contribution is -2.54. The number of halogens is 1. The molecule has 0 unspecified atom stereocenters. The van der Waals surface area contributed by atoms with E-state index in [0.29, 0.717) is 11.3 Å². The predicted octanol–water partition coefficient (Wildman–Crippen LogP) is 3.12. The summed E-state index contributed by atoms with van der Waals surface area (Å²) in [5.74, 6) is -1.36. The number of hydrogen-bond donors (Lipinski definition) is 1. The average Bonchev–Trinajstić information content (AvgIpc) is 2.54. The molecule has 5 nitrogen and oxygen atoms in total. The number of imide groups is 2. The molecule has 1 N–H and O–H groups in total. The highest BCUT2D eigenvalue weighted by molar-refractivity contribution is 9.10. The van der Waals surface area contributed by atoms with Gasteiger partial charge in [-0.3, -0.25) is 14.9 Å². The Labute approximate surface area is 140 Å². The second kappa shape index (κ2) is 6.18. The van der Waals surface area contributed by atoms with E-state index in [9.17, 15) is 14.4 Å². The third-order valence-electron chi connectivity index (χ3n) is 3.32.